The van der Waals surface area contributed by atoms with Gasteiger partial charge >= 0.3 is 0 Å². The Morgan fingerprint density at radius 1 is 1.11 bits per heavy atom. The number of amides is 1. The second-order valence-electron chi connectivity index (χ2n) is 4.39. The SMILES string of the molecule is CCC(NC(=O)c1ccc(S)cc1)c1ccccc1. The van der Waals surface area contributed by atoms with Gasteiger partial charge in [-0.1, -0.05) is 37.3 Å². The Hall–Kier alpha value is -1.74. The van der Waals surface area contributed by atoms with E-state index in [4.69, 9.17) is 0 Å². The van der Waals surface area contributed by atoms with E-state index in [2.05, 4.69) is 24.9 Å². The Labute approximate surface area is 119 Å². The summed E-state index contributed by atoms with van der Waals surface area (Å²) in [5.74, 6) is -0.0518. The molecule has 3 heteroatoms. The van der Waals surface area contributed by atoms with Crippen LogP contribution in [0.4, 0.5) is 0 Å². The van der Waals surface area contributed by atoms with E-state index in [-0.39, 0.29) is 11.9 Å². The van der Waals surface area contributed by atoms with Gasteiger partial charge < -0.3 is 5.32 Å². The third-order valence-corrected chi connectivity index (χ3v) is 3.34. The summed E-state index contributed by atoms with van der Waals surface area (Å²) in [6.07, 6.45) is 0.862. The van der Waals surface area contributed by atoms with Gasteiger partial charge in [-0.2, -0.15) is 0 Å². The fourth-order valence-corrected chi connectivity index (χ4v) is 2.11. The average molecular weight is 271 g/mol. The van der Waals surface area contributed by atoms with Gasteiger partial charge in [0.05, 0.1) is 6.04 Å². The van der Waals surface area contributed by atoms with E-state index >= 15 is 0 Å². The van der Waals surface area contributed by atoms with Crippen molar-refractivity contribution in [3.05, 3.63) is 65.7 Å². The lowest BCUT2D eigenvalue weighted by Gasteiger charge is -2.17. The normalized spacial score (nSPS) is 11.9. The van der Waals surface area contributed by atoms with E-state index in [1.165, 1.54) is 0 Å². The molecule has 1 atom stereocenters. The van der Waals surface area contributed by atoms with Crippen molar-refractivity contribution in [2.45, 2.75) is 24.3 Å². The summed E-state index contributed by atoms with van der Waals surface area (Å²) in [5.41, 5.74) is 1.79. The molecule has 0 fully saturated rings. The maximum absolute atomic E-state index is 12.2. The maximum Gasteiger partial charge on any atom is 0.251 e. The molecule has 1 amide bonds. The van der Waals surface area contributed by atoms with E-state index in [0.717, 1.165) is 16.9 Å². The largest absolute Gasteiger partial charge is 0.345 e. The van der Waals surface area contributed by atoms with E-state index < -0.39 is 0 Å². The lowest BCUT2D eigenvalue weighted by molar-refractivity contribution is 0.0935. The predicted molar refractivity (Wildman–Crippen MR) is 80.6 cm³/mol. The fourth-order valence-electron chi connectivity index (χ4n) is 1.96. The number of hydrogen-bond donors (Lipinski definition) is 2. The number of rotatable bonds is 4. The first-order valence-electron chi connectivity index (χ1n) is 6.35. The third kappa shape index (κ3) is 3.61. The van der Waals surface area contributed by atoms with E-state index in [0.29, 0.717) is 5.56 Å². The molecule has 1 N–H and O–H groups in total. The van der Waals surface area contributed by atoms with Gasteiger partial charge in [0, 0.05) is 10.5 Å². The summed E-state index contributed by atoms with van der Waals surface area (Å²) < 4.78 is 0. The van der Waals surface area contributed by atoms with Gasteiger partial charge in [-0.3, -0.25) is 4.79 Å². The minimum absolute atomic E-state index is 0.0457. The van der Waals surface area contributed by atoms with Crippen LogP contribution >= 0.6 is 12.6 Å². The molecule has 0 saturated heterocycles. The fraction of sp³-hybridized carbons (Fsp3) is 0.188. The number of carbonyl (C=O) groups is 1. The molecule has 0 spiro atoms. The van der Waals surface area contributed by atoms with Crippen LogP contribution in [0.1, 0.15) is 35.3 Å². The molecule has 0 aliphatic heterocycles. The van der Waals surface area contributed by atoms with Crippen molar-refractivity contribution < 1.29 is 4.79 Å². The van der Waals surface area contributed by atoms with Crippen LogP contribution in [0.25, 0.3) is 0 Å². The zero-order valence-electron chi connectivity index (χ0n) is 10.8. The number of benzene rings is 2. The van der Waals surface area contributed by atoms with Gasteiger partial charge in [0.25, 0.3) is 5.91 Å². The molecule has 0 aliphatic carbocycles. The molecule has 2 aromatic carbocycles. The molecule has 0 aromatic heterocycles. The summed E-state index contributed by atoms with van der Waals surface area (Å²) in [5, 5.41) is 3.05. The maximum atomic E-state index is 12.2. The lowest BCUT2D eigenvalue weighted by Crippen LogP contribution is -2.28. The van der Waals surface area contributed by atoms with Crippen LogP contribution in [-0.4, -0.2) is 5.91 Å². The molecule has 98 valence electrons. The highest BCUT2D eigenvalue weighted by molar-refractivity contribution is 7.80. The topological polar surface area (TPSA) is 29.1 Å². The zero-order valence-corrected chi connectivity index (χ0v) is 11.7. The number of nitrogens with one attached hydrogen (secondary N) is 1. The zero-order chi connectivity index (χ0) is 13.7. The first kappa shape index (κ1) is 13.7. The van der Waals surface area contributed by atoms with Crippen LogP contribution < -0.4 is 5.32 Å². The van der Waals surface area contributed by atoms with Gasteiger partial charge in [0.1, 0.15) is 0 Å². The lowest BCUT2D eigenvalue weighted by atomic mass is 10.0. The summed E-state index contributed by atoms with van der Waals surface area (Å²) in [6.45, 7) is 2.06. The highest BCUT2D eigenvalue weighted by Crippen LogP contribution is 2.17. The predicted octanol–water partition coefficient (Wildman–Crippen LogP) is 3.86. The van der Waals surface area contributed by atoms with Gasteiger partial charge in [-0.25, -0.2) is 0 Å². The van der Waals surface area contributed by atoms with Crippen LogP contribution in [0, 0.1) is 0 Å². The Kier molecular flexibility index (Phi) is 4.63. The molecule has 19 heavy (non-hydrogen) atoms. The summed E-state index contributed by atoms with van der Waals surface area (Å²) in [4.78, 5) is 13.0. The van der Waals surface area contributed by atoms with Gasteiger partial charge in [0.2, 0.25) is 0 Å². The number of hydrogen-bond acceptors (Lipinski definition) is 2. The van der Waals surface area contributed by atoms with Crippen LogP contribution in [-0.2, 0) is 0 Å². The number of thiol groups is 1. The van der Waals surface area contributed by atoms with Gasteiger partial charge in [0.15, 0.2) is 0 Å². The molecular weight excluding hydrogens is 254 g/mol. The molecule has 0 heterocycles. The molecule has 0 radical (unpaired) electrons. The Balaban J connectivity index is 2.10. The third-order valence-electron chi connectivity index (χ3n) is 3.05. The van der Waals surface area contributed by atoms with Crippen molar-refractivity contribution in [2.24, 2.45) is 0 Å². The Morgan fingerprint density at radius 3 is 2.32 bits per heavy atom. The van der Waals surface area contributed by atoms with Gasteiger partial charge in [-0.15, -0.1) is 12.6 Å². The monoisotopic (exact) mass is 271 g/mol. The molecule has 2 nitrogen and oxygen atoms in total. The molecule has 0 saturated carbocycles. The molecule has 2 aromatic rings. The molecule has 0 aliphatic rings. The molecule has 2 rings (SSSR count). The van der Waals surface area contributed by atoms with Crippen LogP contribution in [0.3, 0.4) is 0 Å². The van der Waals surface area contributed by atoms with Gasteiger partial charge in [-0.05, 0) is 36.2 Å². The highest BCUT2D eigenvalue weighted by atomic mass is 32.1. The minimum Gasteiger partial charge on any atom is -0.345 e. The average Bonchev–Trinajstić information content (AvgIpc) is 2.46. The van der Waals surface area contributed by atoms with Crippen LogP contribution in [0.5, 0.6) is 0 Å². The van der Waals surface area contributed by atoms with Crippen molar-refractivity contribution in [3.63, 3.8) is 0 Å². The minimum atomic E-state index is -0.0518. The van der Waals surface area contributed by atoms with E-state index in [9.17, 15) is 4.79 Å². The second kappa shape index (κ2) is 6.43. The molecular formula is C16H17NOS. The standard InChI is InChI=1S/C16H17NOS/c1-2-15(12-6-4-3-5-7-12)17-16(18)13-8-10-14(19)11-9-13/h3-11,15,19H,2H2,1H3,(H,17,18). The van der Waals surface area contributed by atoms with Crippen molar-refractivity contribution in [1.82, 2.24) is 5.32 Å². The summed E-state index contributed by atoms with van der Waals surface area (Å²) in [6, 6.07) is 17.3. The van der Waals surface area contributed by atoms with Crippen molar-refractivity contribution in [1.29, 1.82) is 0 Å². The van der Waals surface area contributed by atoms with E-state index in [1.54, 1.807) is 12.1 Å². The summed E-state index contributed by atoms with van der Waals surface area (Å²) in [7, 11) is 0. The summed E-state index contributed by atoms with van der Waals surface area (Å²) >= 11 is 4.21. The highest BCUT2D eigenvalue weighted by Gasteiger charge is 2.13. The molecule has 1 unspecified atom stereocenters. The van der Waals surface area contributed by atoms with Crippen LogP contribution in [0.2, 0.25) is 0 Å². The smallest absolute Gasteiger partial charge is 0.251 e. The van der Waals surface area contributed by atoms with E-state index in [1.807, 2.05) is 42.5 Å². The molecule has 0 bridgehead atoms. The first-order valence-corrected chi connectivity index (χ1v) is 6.80. The Bertz CT molecular complexity index is 536. The first-order chi connectivity index (χ1) is 9.20. The van der Waals surface area contributed by atoms with Crippen molar-refractivity contribution >= 4 is 18.5 Å². The second-order valence-corrected chi connectivity index (χ2v) is 4.91. The quantitative estimate of drug-likeness (QED) is 0.812. The van der Waals surface area contributed by atoms with Crippen molar-refractivity contribution in [2.75, 3.05) is 0 Å². The van der Waals surface area contributed by atoms with Crippen molar-refractivity contribution in [3.8, 4) is 0 Å². The number of carbonyl (C=O) groups excluding carboxylic acids is 1. The van der Waals surface area contributed by atoms with Crippen LogP contribution in [0.15, 0.2) is 59.5 Å². The Morgan fingerprint density at radius 2 is 1.74 bits per heavy atom.